The summed E-state index contributed by atoms with van der Waals surface area (Å²) < 4.78 is 19.6. The van der Waals surface area contributed by atoms with Crippen LogP contribution in [0.1, 0.15) is 29.2 Å². The van der Waals surface area contributed by atoms with Gasteiger partial charge in [0.15, 0.2) is 0 Å². The summed E-state index contributed by atoms with van der Waals surface area (Å²) in [5.74, 6) is 0.579. The molecule has 0 bridgehead atoms. The monoisotopic (exact) mass is 273 g/mol. The van der Waals surface area contributed by atoms with E-state index in [4.69, 9.17) is 10.5 Å². The first-order valence-electron chi connectivity index (χ1n) is 6.78. The fourth-order valence-electron chi connectivity index (χ4n) is 2.36. The van der Waals surface area contributed by atoms with Crippen molar-refractivity contribution in [3.63, 3.8) is 0 Å². The first-order chi connectivity index (χ1) is 9.58. The van der Waals surface area contributed by atoms with Gasteiger partial charge >= 0.3 is 0 Å². The lowest BCUT2D eigenvalue weighted by Crippen LogP contribution is -2.17. The van der Waals surface area contributed by atoms with Crippen molar-refractivity contribution >= 4 is 0 Å². The summed E-state index contributed by atoms with van der Waals surface area (Å²) in [6, 6.07) is 12.7. The molecule has 2 aromatic carbocycles. The molecular formula is C17H20FNO. The first kappa shape index (κ1) is 14.5. The Kier molecular flexibility index (Phi) is 4.74. The fourth-order valence-corrected chi connectivity index (χ4v) is 2.36. The second-order valence-electron chi connectivity index (χ2n) is 5.03. The number of hydrogen-bond donors (Lipinski definition) is 1. The summed E-state index contributed by atoms with van der Waals surface area (Å²) in [6.07, 6.45) is 0.579. The minimum atomic E-state index is -0.348. The lowest BCUT2D eigenvalue weighted by Gasteiger charge is -2.17. The van der Waals surface area contributed by atoms with Crippen molar-refractivity contribution in [1.82, 2.24) is 0 Å². The van der Waals surface area contributed by atoms with E-state index >= 15 is 0 Å². The molecular weight excluding hydrogens is 253 g/mol. The van der Waals surface area contributed by atoms with Gasteiger partial charge in [-0.3, -0.25) is 0 Å². The smallest absolute Gasteiger partial charge is 0.128 e. The van der Waals surface area contributed by atoms with Crippen LogP contribution in [0, 0.1) is 19.7 Å². The number of ether oxygens (including phenoxy) is 1. The number of hydrogen-bond acceptors (Lipinski definition) is 2. The molecule has 0 amide bonds. The highest BCUT2D eigenvalue weighted by Gasteiger charge is 2.15. The lowest BCUT2D eigenvalue weighted by molar-refractivity contribution is 0.297. The maximum absolute atomic E-state index is 14.0. The van der Waals surface area contributed by atoms with Crippen LogP contribution < -0.4 is 10.5 Å². The molecule has 106 valence electrons. The molecule has 0 aromatic heterocycles. The minimum Gasteiger partial charge on any atom is -0.494 e. The molecule has 2 rings (SSSR count). The van der Waals surface area contributed by atoms with Gasteiger partial charge in [-0.2, -0.15) is 0 Å². The standard InChI is InChI=1S/C17H20FNO/c1-12-10-13(2)17(15(18)11-12)16(19)8-9-20-14-6-4-3-5-7-14/h3-7,10-11,16H,8-9,19H2,1-2H3. The quantitative estimate of drug-likeness (QED) is 0.896. The SMILES string of the molecule is Cc1cc(C)c(C(N)CCOc2ccccc2)c(F)c1. The van der Waals surface area contributed by atoms with Crippen molar-refractivity contribution in [2.75, 3.05) is 6.61 Å². The van der Waals surface area contributed by atoms with Gasteiger partial charge in [0.25, 0.3) is 0 Å². The summed E-state index contributed by atoms with van der Waals surface area (Å²) in [6.45, 7) is 4.24. The molecule has 2 N–H and O–H groups in total. The van der Waals surface area contributed by atoms with Crippen molar-refractivity contribution in [3.8, 4) is 5.75 Å². The molecule has 3 heteroatoms. The van der Waals surface area contributed by atoms with E-state index in [0.29, 0.717) is 18.6 Å². The Morgan fingerprint density at radius 3 is 2.50 bits per heavy atom. The van der Waals surface area contributed by atoms with Crippen LogP contribution in [0.2, 0.25) is 0 Å². The van der Waals surface area contributed by atoms with Gasteiger partial charge in [0.2, 0.25) is 0 Å². The van der Waals surface area contributed by atoms with Gasteiger partial charge in [-0.25, -0.2) is 4.39 Å². The Morgan fingerprint density at radius 1 is 1.15 bits per heavy atom. The fraction of sp³-hybridized carbons (Fsp3) is 0.294. The van der Waals surface area contributed by atoms with Crippen LogP contribution in [-0.4, -0.2) is 6.61 Å². The summed E-state index contributed by atoms with van der Waals surface area (Å²) in [7, 11) is 0. The van der Waals surface area contributed by atoms with Crippen molar-refractivity contribution in [2.45, 2.75) is 26.3 Å². The average molecular weight is 273 g/mol. The van der Waals surface area contributed by atoms with Crippen LogP contribution in [0.3, 0.4) is 0 Å². The molecule has 0 heterocycles. The molecule has 0 aliphatic carbocycles. The van der Waals surface area contributed by atoms with Crippen LogP contribution in [0.25, 0.3) is 0 Å². The molecule has 1 unspecified atom stereocenters. The number of nitrogens with two attached hydrogens (primary N) is 1. The average Bonchev–Trinajstić information content (AvgIpc) is 2.38. The molecule has 0 aliphatic heterocycles. The van der Waals surface area contributed by atoms with Crippen molar-refractivity contribution in [3.05, 3.63) is 65.0 Å². The molecule has 0 saturated carbocycles. The van der Waals surface area contributed by atoms with Crippen molar-refractivity contribution < 1.29 is 9.13 Å². The highest BCUT2D eigenvalue weighted by atomic mass is 19.1. The normalized spacial score (nSPS) is 12.2. The van der Waals surface area contributed by atoms with Crippen LogP contribution in [0.5, 0.6) is 5.75 Å². The topological polar surface area (TPSA) is 35.2 Å². The maximum atomic E-state index is 14.0. The Bertz CT molecular complexity index is 545. The van der Waals surface area contributed by atoms with Crippen LogP contribution in [-0.2, 0) is 0 Å². The summed E-state index contributed by atoms with van der Waals surface area (Å²) in [5, 5.41) is 0. The molecule has 0 radical (unpaired) electrons. The summed E-state index contributed by atoms with van der Waals surface area (Å²) in [5.41, 5.74) is 8.49. The predicted octanol–water partition coefficient (Wildman–Crippen LogP) is 3.91. The molecule has 0 saturated heterocycles. The minimum absolute atomic E-state index is 0.227. The Labute approximate surface area is 119 Å². The number of benzene rings is 2. The largest absolute Gasteiger partial charge is 0.494 e. The Morgan fingerprint density at radius 2 is 1.85 bits per heavy atom. The molecule has 20 heavy (non-hydrogen) atoms. The zero-order chi connectivity index (χ0) is 14.5. The van der Waals surface area contributed by atoms with Crippen LogP contribution in [0.15, 0.2) is 42.5 Å². The molecule has 0 fully saturated rings. The number of aryl methyl sites for hydroxylation is 2. The number of rotatable bonds is 5. The number of para-hydroxylation sites is 1. The maximum Gasteiger partial charge on any atom is 0.128 e. The second kappa shape index (κ2) is 6.53. The van der Waals surface area contributed by atoms with Gasteiger partial charge in [-0.1, -0.05) is 24.3 Å². The molecule has 2 aromatic rings. The zero-order valence-electron chi connectivity index (χ0n) is 11.9. The zero-order valence-corrected chi connectivity index (χ0v) is 11.9. The van der Waals surface area contributed by atoms with E-state index < -0.39 is 0 Å². The summed E-state index contributed by atoms with van der Waals surface area (Å²) >= 11 is 0. The molecule has 0 spiro atoms. The van der Waals surface area contributed by atoms with Crippen LogP contribution >= 0.6 is 0 Å². The third-order valence-electron chi connectivity index (χ3n) is 3.29. The molecule has 1 atom stereocenters. The molecule has 2 nitrogen and oxygen atoms in total. The van der Waals surface area contributed by atoms with Gasteiger partial charge in [0, 0.05) is 18.0 Å². The van der Waals surface area contributed by atoms with E-state index in [2.05, 4.69) is 0 Å². The van der Waals surface area contributed by atoms with E-state index in [1.54, 1.807) is 0 Å². The van der Waals surface area contributed by atoms with Crippen molar-refractivity contribution in [2.24, 2.45) is 5.73 Å². The van der Waals surface area contributed by atoms with Crippen molar-refractivity contribution in [1.29, 1.82) is 0 Å². The first-order valence-corrected chi connectivity index (χ1v) is 6.78. The number of halogens is 1. The van der Waals surface area contributed by atoms with E-state index in [1.807, 2.05) is 50.2 Å². The third-order valence-corrected chi connectivity index (χ3v) is 3.29. The van der Waals surface area contributed by atoms with E-state index in [0.717, 1.165) is 16.9 Å². The Balaban J connectivity index is 1.97. The highest BCUT2D eigenvalue weighted by molar-refractivity contribution is 5.34. The van der Waals surface area contributed by atoms with Gasteiger partial charge in [-0.05, 0) is 43.2 Å². The highest BCUT2D eigenvalue weighted by Crippen LogP contribution is 2.23. The Hall–Kier alpha value is -1.87. The second-order valence-corrected chi connectivity index (χ2v) is 5.03. The van der Waals surface area contributed by atoms with E-state index in [1.165, 1.54) is 6.07 Å². The lowest BCUT2D eigenvalue weighted by atomic mass is 9.97. The van der Waals surface area contributed by atoms with E-state index in [9.17, 15) is 4.39 Å². The van der Waals surface area contributed by atoms with Gasteiger partial charge in [0.1, 0.15) is 11.6 Å². The van der Waals surface area contributed by atoms with Gasteiger partial charge in [0.05, 0.1) is 6.61 Å². The van der Waals surface area contributed by atoms with Gasteiger partial charge in [-0.15, -0.1) is 0 Å². The molecule has 0 aliphatic rings. The third kappa shape index (κ3) is 3.58. The van der Waals surface area contributed by atoms with E-state index in [-0.39, 0.29) is 11.9 Å². The summed E-state index contributed by atoms with van der Waals surface area (Å²) in [4.78, 5) is 0. The van der Waals surface area contributed by atoms with Crippen LogP contribution in [0.4, 0.5) is 4.39 Å². The van der Waals surface area contributed by atoms with Gasteiger partial charge < -0.3 is 10.5 Å². The predicted molar refractivity (Wildman–Crippen MR) is 79.4 cm³/mol.